The van der Waals surface area contributed by atoms with Crippen LogP contribution in [0.25, 0.3) is 5.69 Å². The van der Waals surface area contributed by atoms with Gasteiger partial charge in [0.2, 0.25) is 0 Å². The standard InChI is InChI=1S/C23H19N3O2/c1-16-6-5-7-17(14-16)15-21-24-25-23(28)26(21)20-12-10-19(11-13-20)22(27)18-8-3-2-4-9-18/h2-14H,15H2,1H3,(H,25,28). The van der Waals surface area contributed by atoms with Gasteiger partial charge >= 0.3 is 5.69 Å². The zero-order valence-electron chi connectivity index (χ0n) is 15.4. The van der Waals surface area contributed by atoms with Gasteiger partial charge in [-0.2, -0.15) is 5.10 Å². The van der Waals surface area contributed by atoms with Crippen LogP contribution >= 0.6 is 0 Å². The smallest absolute Gasteiger partial charge is 0.289 e. The van der Waals surface area contributed by atoms with Crippen molar-refractivity contribution >= 4 is 5.78 Å². The van der Waals surface area contributed by atoms with Crippen LogP contribution in [-0.4, -0.2) is 20.5 Å². The summed E-state index contributed by atoms with van der Waals surface area (Å²) < 4.78 is 1.54. The second kappa shape index (κ2) is 7.48. The molecule has 5 nitrogen and oxygen atoms in total. The van der Waals surface area contributed by atoms with Crippen molar-refractivity contribution in [2.75, 3.05) is 0 Å². The van der Waals surface area contributed by atoms with Crippen LogP contribution in [-0.2, 0) is 6.42 Å². The summed E-state index contributed by atoms with van der Waals surface area (Å²) in [6, 6.07) is 24.3. The molecule has 28 heavy (non-hydrogen) atoms. The van der Waals surface area contributed by atoms with Crippen molar-refractivity contribution in [2.45, 2.75) is 13.3 Å². The Hall–Kier alpha value is -3.73. The summed E-state index contributed by atoms with van der Waals surface area (Å²) in [6.45, 7) is 2.03. The molecule has 0 unspecified atom stereocenters. The molecule has 1 aromatic heterocycles. The zero-order valence-corrected chi connectivity index (χ0v) is 15.4. The molecule has 0 bridgehead atoms. The van der Waals surface area contributed by atoms with Gasteiger partial charge in [0.1, 0.15) is 5.82 Å². The average Bonchev–Trinajstić information content (AvgIpc) is 3.08. The lowest BCUT2D eigenvalue weighted by Crippen LogP contribution is -2.17. The molecule has 3 aromatic carbocycles. The molecule has 0 saturated carbocycles. The minimum absolute atomic E-state index is 0.0494. The first-order chi connectivity index (χ1) is 13.6. The van der Waals surface area contributed by atoms with Crippen molar-refractivity contribution in [3.63, 3.8) is 0 Å². The third-order valence-corrected chi connectivity index (χ3v) is 4.61. The minimum atomic E-state index is -0.301. The zero-order chi connectivity index (χ0) is 19.5. The maximum absolute atomic E-state index is 12.6. The maximum atomic E-state index is 12.6. The Morgan fingerprint density at radius 1 is 0.929 bits per heavy atom. The summed E-state index contributed by atoms with van der Waals surface area (Å²) in [5, 5.41) is 6.70. The van der Waals surface area contributed by atoms with Crippen LogP contribution in [0.3, 0.4) is 0 Å². The lowest BCUT2D eigenvalue weighted by atomic mass is 10.0. The molecule has 0 aliphatic carbocycles. The van der Waals surface area contributed by atoms with Crippen molar-refractivity contribution in [3.8, 4) is 5.69 Å². The Bertz CT molecular complexity index is 1170. The minimum Gasteiger partial charge on any atom is -0.289 e. The van der Waals surface area contributed by atoms with E-state index in [1.165, 1.54) is 0 Å². The molecule has 1 heterocycles. The molecule has 4 rings (SSSR count). The van der Waals surface area contributed by atoms with Crippen LogP contribution in [0.5, 0.6) is 0 Å². The van der Waals surface area contributed by atoms with E-state index >= 15 is 0 Å². The van der Waals surface area contributed by atoms with Crippen LogP contribution in [0.1, 0.15) is 32.9 Å². The number of H-pyrrole nitrogens is 1. The predicted octanol–water partition coefficient (Wildman–Crippen LogP) is 3.69. The van der Waals surface area contributed by atoms with Gasteiger partial charge in [-0.05, 0) is 36.8 Å². The number of nitrogens with one attached hydrogen (secondary N) is 1. The molecular weight excluding hydrogens is 350 g/mol. The Morgan fingerprint density at radius 3 is 2.36 bits per heavy atom. The van der Waals surface area contributed by atoms with Gasteiger partial charge in [-0.15, -0.1) is 0 Å². The number of nitrogens with zero attached hydrogens (tertiary/aromatic N) is 2. The first kappa shape index (κ1) is 17.7. The number of carbonyl (C=O) groups is 1. The number of aryl methyl sites for hydroxylation is 1. The first-order valence-corrected chi connectivity index (χ1v) is 9.04. The number of carbonyl (C=O) groups excluding carboxylic acids is 1. The van der Waals surface area contributed by atoms with Gasteiger partial charge in [-0.25, -0.2) is 14.5 Å². The second-order valence-corrected chi connectivity index (χ2v) is 6.69. The molecule has 0 atom stereocenters. The quantitative estimate of drug-likeness (QED) is 0.546. The molecule has 0 aliphatic rings. The van der Waals surface area contributed by atoms with Gasteiger partial charge in [-0.3, -0.25) is 4.79 Å². The molecule has 0 aliphatic heterocycles. The summed E-state index contributed by atoms with van der Waals surface area (Å²) in [7, 11) is 0. The highest BCUT2D eigenvalue weighted by atomic mass is 16.1. The highest BCUT2D eigenvalue weighted by Crippen LogP contribution is 2.15. The molecule has 0 radical (unpaired) electrons. The fourth-order valence-electron chi connectivity index (χ4n) is 3.24. The van der Waals surface area contributed by atoms with Crippen LogP contribution < -0.4 is 5.69 Å². The SMILES string of the molecule is Cc1cccc(Cc2n[nH]c(=O)n2-c2ccc(C(=O)c3ccccc3)cc2)c1. The number of aromatic amines is 1. The number of aromatic nitrogens is 3. The van der Waals surface area contributed by atoms with E-state index in [0.29, 0.717) is 29.1 Å². The summed E-state index contributed by atoms with van der Waals surface area (Å²) in [5.41, 5.74) is 3.82. The molecule has 5 heteroatoms. The molecule has 0 spiro atoms. The Balaban J connectivity index is 1.64. The highest BCUT2D eigenvalue weighted by molar-refractivity contribution is 6.09. The van der Waals surface area contributed by atoms with Gasteiger partial charge in [0, 0.05) is 17.5 Å². The summed E-state index contributed by atoms with van der Waals surface area (Å²) in [4.78, 5) is 24.9. The molecule has 0 amide bonds. The van der Waals surface area contributed by atoms with E-state index in [9.17, 15) is 9.59 Å². The summed E-state index contributed by atoms with van der Waals surface area (Å²) >= 11 is 0. The van der Waals surface area contributed by atoms with E-state index in [4.69, 9.17) is 0 Å². The average molecular weight is 369 g/mol. The van der Waals surface area contributed by atoms with Gasteiger partial charge in [0.05, 0.1) is 5.69 Å². The summed E-state index contributed by atoms with van der Waals surface area (Å²) in [5.74, 6) is 0.574. The first-order valence-electron chi connectivity index (χ1n) is 9.04. The van der Waals surface area contributed by atoms with E-state index in [-0.39, 0.29) is 11.5 Å². The van der Waals surface area contributed by atoms with Crippen LogP contribution in [0.4, 0.5) is 0 Å². The van der Waals surface area contributed by atoms with Crippen molar-refractivity contribution in [1.82, 2.24) is 14.8 Å². The van der Waals surface area contributed by atoms with Gasteiger partial charge < -0.3 is 0 Å². The Morgan fingerprint density at radius 2 is 1.64 bits per heavy atom. The molecule has 0 fully saturated rings. The van der Waals surface area contributed by atoms with Gasteiger partial charge in [0.25, 0.3) is 0 Å². The molecule has 4 aromatic rings. The van der Waals surface area contributed by atoms with E-state index in [0.717, 1.165) is 11.1 Å². The number of benzene rings is 3. The second-order valence-electron chi connectivity index (χ2n) is 6.69. The van der Waals surface area contributed by atoms with Gasteiger partial charge in [0.15, 0.2) is 5.78 Å². The molecule has 138 valence electrons. The number of ketones is 1. The van der Waals surface area contributed by atoms with E-state index in [1.807, 2.05) is 43.3 Å². The number of rotatable bonds is 5. The number of hydrogen-bond acceptors (Lipinski definition) is 3. The van der Waals surface area contributed by atoms with E-state index in [1.54, 1.807) is 41.0 Å². The third kappa shape index (κ3) is 3.55. The lowest BCUT2D eigenvalue weighted by molar-refractivity contribution is 0.103. The van der Waals surface area contributed by atoms with Gasteiger partial charge in [-0.1, -0.05) is 60.2 Å². The van der Waals surface area contributed by atoms with E-state index < -0.39 is 0 Å². The molecule has 0 saturated heterocycles. The van der Waals surface area contributed by atoms with Crippen LogP contribution in [0, 0.1) is 6.92 Å². The Labute approximate surface area is 162 Å². The largest absolute Gasteiger partial charge is 0.347 e. The topological polar surface area (TPSA) is 67.8 Å². The van der Waals surface area contributed by atoms with Crippen molar-refractivity contribution < 1.29 is 4.79 Å². The Kier molecular flexibility index (Phi) is 4.72. The maximum Gasteiger partial charge on any atom is 0.347 e. The van der Waals surface area contributed by atoms with Crippen molar-refractivity contribution in [3.05, 3.63) is 117 Å². The lowest BCUT2D eigenvalue weighted by Gasteiger charge is -2.08. The fourth-order valence-corrected chi connectivity index (χ4v) is 3.24. The van der Waals surface area contributed by atoms with Crippen molar-refractivity contribution in [1.29, 1.82) is 0 Å². The third-order valence-electron chi connectivity index (χ3n) is 4.61. The normalized spacial score (nSPS) is 10.8. The highest BCUT2D eigenvalue weighted by Gasteiger charge is 2.13. The van der Waals surface area contributed by atoms with Crippen LogP contribution in [0.15, 0.2) is 83.7 Å². The molecular formula is C23H19N3O2. The monoisotopic (exact) mass is 369 g/mol. The predicted molar refractivity (Wildman–Crippen MR) is 108 cm³/mol. The van der Waals surface area contributed by atoms with Crippen LogP contribution in [0.2, 0.25) is 0 Å². The number of hydrogen-bond donors (Lipinski definition) is 1. The summed E-state index contributed by atoms with van der Waals surface area (Å²) in [6.07, 6.45) is 0.533. The van der Waals surface area contributed by atoms with Crippen molar-refractivity contribution in [2.24, 2.45) is 0 Å². The van der Waals surface area contributed by atoms with E-state index in [2.05, 4.69) is 16.3 Å². The molecule has 1 N–H and O–H groups in total. The fraction of sp³-hybridized carbons (Fsp3) is 0.0870.